The fraction of sp³-hybridized carbons (Fsp3) is 0.240. The number of nitrogens with one attached hydrogen (secondary N) is 1. The molecule has 9 nitrogen and oxygen atoms in total. The molecule has 1 aromatic carbocycles. The van der Waals surface area contributed by atoms with Crippen molar-refractivity contribution in [3.63, 3.8) is 0 Å². The van der Waals surface area contributed by atoms with Crippen molar-refractivity contribution >= 4 is 34.3 Å². The predicted molar refractivity (Wildman–Crippen MR) is 132 cm³/mol. The average Bonchev–Trinajstić information content (AvgIpc) is 3.25. The van der Waals surface area contributed by atoms with Crippen LogP contribution in [0.4, 0.5) is 5.82 Å². The number of anilines is 1. The van der Waals surface area contributed by atoms with Crippen molar-refractivity contribution < 1.29 is 9.21 Å². The largest absolute Gasteiger partial charge is 0.451 e. The Labute approximate surface area is 205 Å². The number of amides is 1. The smallest absolute Gasteiger partial charge is 0.292 e. The molecule has 0 saturated heterocycles. The van der Waals surface area contributed by atoms with Crippen LogP contribution in [0.5, 0.6) is 0 Å². The lowest BCUT2D eigenvalue weighted by molar-refractivity contribution is 0.0998. The molecule has 0 aliphatic heterocycles. The molecule has 4 aromatic heterocycles. The Balaban J connectivity index is 1.28. The molecule has 1 fully saturated rings. The molecule has 4 heterocycles. The van der Waals surface area contributed by atoms with Crippen LogP contribution in [0.15, 0.2) is 59.4 Å². The number of rotatable bonds is 6. The first-order chi connectivity index (χ1) is 17.0. The second-order valence-corrected chi connectivity index (χ2v) is 9.24. The van der Waals surface area contributed by atoms with Crippen molar-refractivity contribution in [2.75, 3.05) is 5.32 Å². The van der Waals surface area contributed by atoms with Gasteiger partial charge in [0.25, 0.3) is 5.91 Å². The Morgan fingerprint density at radius 3 is 2.80 bits per heavy atom. The molecule has 1 amide bonds. The summed E-state index contributed by atoms with van der Waals surface area (Å²) in [5.41, 5.74) is 3.18. The van der Waals surface area contributed by atoms with E-state index in [1.807, 2.05) is 42.9 Å². The zero-order valence-electron chi connectivity index (χ0n) is 19.1. The third-order valence-corrected chi connectivity index (χ3v) is 6.29. The lowest BCUT2D eigenvalue weighted by Crippen LogP contribution is -2.12. The maximum Gasteiger partial charge on any atom is 0.292 e. The van der Waals surface area contributed by atoms with E-state index in [0.717, 1.165) is 16.8 Å². The van der Waals surface area contributed by atoms with E-state index < -0.39 is 5.91 Å². The van der Waals surface area contributed by atoms with Gasteiger partial charge in [0.05, 0.1) is 17.7 Å². The quantitative estimate of drug-likeness (QED) is 0.332. The number of pyridine rings is 1. The number of furan rings is 1. The third-order valence-electron chi connectivity index (χ3n) is 6.03. The first-order valence-electron chi connectivity index (χ1n) is 11.4. The van der Waals surface area contributed by atoms with E-state index in [-0.39, 0.29) is 17.1 Å². The summed E-state index contributed by atoms with van der Waals surface area (Å²) in [6, 6.07) is 12.8. The molecule has 0 radical (unpaired) electrons. The van der Waals surface area contributed by atoms with Gasteiger partial charge in [0, 0.05) is 23.5 Å². The number of hydrogen-bond acceptors (Lipinski definition) is 6. The first kappa shape index (κ1) is 21.5. The summed E-state index contributed by atoms with van der Waals surface area (Å²) in [6.45, 7) is 3.97. The minimum absolute atomic E-state index is 0.0492. The molecule has 176 valence electrons. The van der Waals surface area contributed by atoms with Crippen LogP contribution in [0.1, 0.15) is 54.9 Å². The van der Waals surface area contributed by atoms with Crippen molar-refractivity contribution in [3.05, 3.63) is 71.7 Å². The van der Waals surface area contributed by atoms with Gasteiger partial charge in [0.2, 0.25) is 5.28 Å². The number of imidazole rings is 1. The van der Waals surface area contributed by atoms with Crippen LogP contribution >= 0.6 is 11.6 Å². The Morgan fingerprint density at radius 2 is 2.00 bits per heavy atom. The van der Waals surface area contributed by atoms with E-state index in [4.69, 9.17) is 16.0 Å². The summed E-state index contributed by atoms with van der Waals surface area (Å²) in [4.78, 5) is 22.1. The molecular formula is C25H22ClN7O2. The zero-order valence-corrected chi connectivity index (χ0v) is 19.9. The molecule has 0 bridgehead atoms. The molecular weight excluding hydrogens is 466 g/mol. The SMILES string of the molecule is CC(C)n1c(Cl)nnc1-c1cccc(NC(=O)c2cc3c(-n4cnc(C5CC5)c4)cccc3o2)n1. The molecule has 35 heavy (non-hydrogen) atoms. The maximum atomic E-state index is 13.0. The van der Waals surface area contributed by atoms with Gasteiger partial charge in [-0.3, -0.25) is 9.36 Å². The van der Waals surface area contributed by atoms with Crippen molar-refractivity contribution in [2.24, 2.45) is 0 Å². The number of aromatic nitrogens is 6. The fourth-order valence-corrected chi connectivity index (χ4v) is 4.47. The summed E-state index contributed by atoms with van der Waals surface area (Å²) in [5.74, 6) is 1.25. The molecule has 0 unspecified atom stereocenters. The third kappa shape index (κ3) is 3.97. The second-order valence-electron chi connectivity index (χ2n) is 8.90. The van der Waals surface area contributed by atoms with Crippen LogP contribution in [-0.4, -0.2) is 35.2 Å². The van der Waals surface area contributed by atoms with Gasteiger partial charge in [-0.2, -0.15) is 0 Å². The van der Waals surface area contributed by atoms with Gasteiger partial charge in [-0.1, -0.05) is 12.1 Å². The average molecular weight is 488 g/mol. The summed E-state index contributed by atoms with van der Waals surface area (Å²) >= 11 is 6.18. The first-order valence-corrected chi connectivity index (χ1v) is 11.8. The van der Waals surface area contributed by atoms with Gasteiger partial charge in [-0.05, 0) is 68.6 Å². The van der Waals surface area contributed by atoms with Crippen molar-refractivity contribution in [1.82, 2.24) is 29.3 Å². The van der Waals surface area contributed by atoms with E-state index in [9.17, 15) is 4.79 Å². The number of benzene rings is 1. The van der Waals surface area contributed by atoms with Crippen molar-refractivity contribution in [3.8, 4) is 17.2 Å². The highest BCUT2D eigenvalue weighted by atomic mass is 35.5. The molecule has 1 aliphatic rings. The number of fused-ring (bicyclic) bond motifs is 1. The molecule has 1 saturated carbocycles. The Morgan fingerprint density at radius 1 is 1.17 bits per heavy atom. The van der Waals surface area contributed by atoms with Crippen LogP contribution in [-0.2, 0) is 0 Å². The maximum absolute atomic E-state index is 13.0. The normalized spacial score (nSPS) is 13.6. The van der Waals surface area contributed by atoms with Crippen LogP contribution in [0, 0.1) is 0 Å². The van der Waals surface area contributed by atoms with E-state index in [2.05, 4.69) is 31.7 Å². The minimum Gasteiger partial charge on any atom is -0.451 e. The van der Waals surface area contributed by atoms with Crippen LogP contribution in [0.2, 0.25) is 5.28 Å². The number of carbonyl (C=O) groups excluding carboxylic acids is 1. The van der Waals surface area contributed by atoms with Gasteiger partial charge in [-0.15, -0.1) is 10.2 Å². The van der Waals surface area contributed by atoms with Crippen LogP contribution in [0.3, 0.4) is 0 Å². The number of nitrogens with zero attached hydrogens (tertiary/aromatic N) is 6. The van der Waals surface area contributed by atoms with E-state index in [0.29, 0.717) is 28.8 Å². The van der Waals surface area contributed by atoms with Crippen molar-refractivity contribution in [2.45, 2.75) is 38.6 Å². The number of carbonyl (C=O) groups is 1. The highest BCUT2D eigenvalue weighted by Gasteiger charge is 2.26. The summed E-state index contributed by atoms with van der Waals surface area (Å²) < 4.78 is 9.64. The summed E-state index contributed by atoms with van der Waals surface area (Å²) in [5, 5.41) is 12.0. The van der Waals surface area contributed by atoms with E-state index >= 15 is 0 Å². The summed E-state index contributed by atoms with van der Waals surface area (Å²) in [7, 11) is 0. The summed E-state index contributed by atoms with van der Waals surface area (Å²) in [6.07, 6.45) is 6.24. The standard InChI is InChI=1S/C25H22ClN7O2/c1-14(2)33-23(30-31-25(33)26)17-5-3-8-22(28-17)29-24(34)21-11-16-19(6-4-7-20(16)35-21)32-12-18(27-13-32)15-9-10-15/h3-8,11-15H,9-10H2,1-2H3,(H,28,29,34). The van der Waals surface area contributed by atoms with Gasteiger partial charge in [0.15, 0.2) is 11.6 Å². The molecule has 10 heteroatoms. The number of hydrogen-bond donors (Lipinski definition) is 1. The highest BCUT2D eigenvalue weighted by molar-refractivity contribution is 6.28. The topological polar surface area (TPSA) is 104 Å². The second kappa shape index (κ2) is 8.35. The van der Waals surface area contributed by atoms with Gasteiger partial charge >= 0.3 is 0 Å². The predicted octanol–water partition coefficient (Wildman–Crippen LogP) is 5.64. The monoisotopic (exact) mass is 487 g/mol. The van der Waals surface area contributed by atoms with Crippen molar-refractivity contribution in [1.29, 1.82) is 0 Å². The van der Waals surface area contributed by atoms with Crippen LogP contribution < -0.4 is 5.32 Å². The van der Waals surface area contributed by atoms with Gasteiger partial charge in [-0.25, -0.2) is 9.97 Å². The lowest BCUT2D eigenvalue weighted by atomic mass is 10.2. The Hall–Kier alpha value is -3.98. The lowest BCUT2D eigenvalue weighted by Gasteiger charge is -2.11. The molecule has 6 rings (SSSR count). The molecule has 0 spiro atoms. The number of halogens is 1. The zero-order chi connectivity index (χ0) is 24.1. The molecule has 5 aromatic rings. The molecule has 0 atom stereocenters. The molecule has 1 N–H and O–H groups in total. The van der Waals surface area contributed by atoms with E-state index in [1.165, 1.54) is 12.8 Å². The Kier molecular flexibility index (Phi) is 5.14. The van der Waals surface area contributed by atoms with E-state index in [1.54, 1.807) is 28.8 Å². The van der Waals surface area contributed by atoms with Gasteiger partial charge in [0.1, 0.15) is 17.1 Å². The minimum atomic E-state index is -0.399. The van der Waals surface area contributed by atoms with Crippen LogP contribution in [0.25, 0.3) is 28.2 Å². The highest BCUT2D eigenvalue weighted by Crippen LogP contribution is 2.39. The Bertz CT molecular complexity index is 1560. The molecule has 1 aliphatic carbocycles. The fourth-order valence-electron chi connectivity index (χ4n) is 4.15. The van der Waals surface area contributed by atoms with Gasteiger partial charge < -0.3 is 14.3 Å².